The molecule has 0 bridgehead atoms. The van der Waals surface area contributed by atoms with E-state index >= 15 is 0 Å². The molecule has 6 nitrogen and oxygen atoms in total. The molecule has 0 atom stereocenters. The van der Waals surface area contributed by atoms with Crippen LogP contribution in [0.25, 0.3) is 11.0 Å². The highest BCUT2D eigenvalue weighted by Gasteiger charge is 2.18. The Morgan fingerprint density at radius 2 is 2.04 bits per heavy atom. The van der Waals surface area contributed by atoms with Crippen LogP contribution in [0.2, 0.25) is 0 Å². The summed E-state index contributed by atoms with van der Waals surface area (Å²) in [5, 5.41) is 12.3. The maximum Gasteiger partial charge on any atom is 0.339 e. The smallest absolute Gasteiger partial charge is 0.339 e. The molecule has 0 spiro atoms. The van der Waals surface area contributed by atoms with Gasteiger partial charge in [-0.05, 0) is 49.8 Å². The fraction of sp³-hybridized carbons (Fsp3) is 0.444. The maximum atomic E-state index is 12.1. The first-order valence-electron chi connectivity index (χ1n) is 8.28. The van der Waals surface area contributed by atoms with Crippen LogP contribution in [0.15, 0.2) is 27.4 Å². The number of aryl methyl sites for hydroxylation is 1. The normalized spacial score (nSPS) is 13.5. The van der Waals surface area contributed by atoms with E-state index in [0.717, 1.165) is 42.2 Å². The fourth-order valence-corrected chi connectivity index (χ4v) is 3.02. The molecule has 0 saturated carbocycles. The standard InChI is InChI=1S/C18H21NO5/c20-9-3-8-19-17(21)11-23-12-6-7-14-13-4-1-2-5-15(13)18(22)24-16(14)10-12/h6-7,10,20H,1-5,8-9,11H2,(H,19,21). The molecule has 3 rings (SSSR count). The lowest BCUT2D eigenvalue weighted by Crippen LogP contribution is -2.30. The van der Waals surface area contributed by atoms with Crippen molar-refractivity contribution in [3.63, 3.8) is 0 Å². The lowest BCUT2D eigenvalue weighted by Gasteiger charge is -2.16. The number of carbonyl (C=O) groups is 1. The molecule has 2 aromatic rings. The van der Waals surface area contributed by atoms with Gasteiger partial charge in [0.1, 0.15) is 11.3 Å². The third kappa shape index (κ3) is 3.59. The molecule has 1 aliphatic carbocycles. The van der Waals surface area contributed by atoms with Gasteiger partial charge in [0.2, 0.25) is 0 Å². The topological polar surface area (TPSA) is 88.8 Å². The molecule has 0 aliphatic heterocycles. The minimum atomic E-state index is -0.268. The Kier molecular flexibility index (Phi) is 5.15. The molecule has 1 amide bonds. The minimum absolute atomic E-state index is 0.0369. The quantitative estimate of drug-likeness (QED) is 0.619. The molecule has 1 heterocycles. The van der Waals surface area contributed by atoms with Crippen molar-refractivity contribution in [2.45, 2.75) is 32.1 Å². The van der Waals surface area contributed by atoms with Crippen molar-refractivity contribution in [3.05, 3.63) is 39.7 Å². The van der Waals surface area contributed by atoms with Crippen LogP contribution in [0.5, 0.6) is 5.75 Å². The van der Waals surface area contributed by atoms with Crippen LogP contribution in [-0.2, 0) is 17.6 Å². The van der Waals surface area contributed by atoms with E-state index in [2.05, 4.69) is 5.32 Å². The second kappa shape index (κ2) is 7.49. The van der Waals surface area contributed by atoms with Crippen LogP contribution in [0.4, 0.5) is 0 Å². The second-order valence-electron chi connectivity index (χ2n) is 5.93. The van der Waals surface area contributed by atoms with Crippen LogP contribution < -0.4 is 15.7 Å². The largest absolute Gasteiger partial charge is 0.484 e. The van der Waals surface area contributed by atoms with Crippen molar-refractivity contribution in [2.24, 2.45) is 0 Å². The minimum Gasteiger partial charge on any atom is -0.484 e. The van der Waals surface area contributed by atoms with Gasteiger partial charge in [0.15, 0.2) is 6.61 Å². The Bertz CT molecular complexity index is 796. The highest BCUT2D eigenvalue weighted by molar-refractivity contribution is 5.83. The second-order valence-corrected chi connectivity index (χ2v) is 5.93. The maximum absolute atomic E-state index is 12.1. The predicted molar refractivity (Wildman–Crippen MR) is 89.3 cm³/mol. The summed E-state index contributed by atoms with van der Waals surface area (Å²) in [6, 6.07) is 5.34. The van der Waals surface area contributed by atoms with Crippen LogP contribution >= 0.6 is 0 Å². The van der Waals surface area contributed by atoms with Gasteiger partial charge in [-0.15, -0.1) is 0 Å². The number of aliphatic hydroxyl groups is 1. The number of aliphatic hydroxyl groups excluding tert-OH is 1. The average molecular weight is 331 g/mol. The summed E-state index contributed by atoms with van der Waals surface area (Å²) in [4.78, 5) is 23.7. The molecule has 0 unspecified atom stereocenters. The highest BCUT2D eigenvalue weighted by Crippen LogP contribution is 2.28. The van der Waals surface area contributed by atoms with E-state index in [1.54, 1.807) is 12.1 Å². The van der Waals surface area contributed by atoms with Crippen molar-refractivity contribution < 1.29 is 19.1 Å². The first kappa shape index (κ1) is 16.5. The van der Waals surface area contributed by atoms with Gasteiger partial charge in [0.05, 0.1) is 0 Å². The Morgan fingerprint density at radius 1 is 1.25 bits per heavy atom. The summed E-state index contributed by atoms with van der Waals surface area (Å²) in [7, 11) is 0. The number of nitrogens with one attached hydrogen (secondary N) is 1. The zero-order chi connectivity index (χ0) is 16.9. The average Bonchev–Trinajstić information content (AvgIpc) is 2.60. The monoisotopic (exact) mass is 331 g/mol. The van der Waals surface area contributed by atoms with Gasteiger partial charge in [-0.2, -0.15) is 0 Å². The third-order valence-corrected chi connectivity index (χ3v) is 4.22. The molecule has 1 aromatic carbocycles. The number of fused-ring (bicyclic) bond motifs is 3. The third-order valence-electron chi connectivity index (χ3n) is 4.22. The molecule has 2 N–H and O–H groups in total. The van der Waals surface area contributed by atoms with Crippen molar-refractivity contribution in [1.29, 1.82) is 0 Å². The van der Waals surface area contributed by atoms with Gasteiger partial charge in [0, 0.05) is 30.2 Å². The van der Waals surface area contributed by atoms with E-state index in [9.17, 15) is 9.59 Å². The summed E-state index contributed by atoms with van der Waals surface area (Å²) in [6.45, 7) is 0.332. The summed E-state index contributed by atoms with van der Waals surface area (Å²) in [6.07, 6.45) is 4.29. The molecular formula is C18H21NO5. The number of benzene rings is 1. The summed E-state index contributed by atoms with van der Waals surface area (Å²) in [5.74, 6) is 0.231. The van der Waals surface area contributed by atoms with Crippen LogP contribution in [0.3, 0.4) is 0 Å². The van der Waals surface area contributed by atoms with Crippen molar-refractivity contribution in [2.75, 3.05) is 19.8 Å². The number of rotatable bonds is 6. The number of amides is 1. The van der Waals surface area contributed by atoms with Gasteiger partial charge >= 0.3 is 5.63 Å². The summed E-state index contributed by atoms with van der Waals surface area (Å²) >= 11 is 0. The number of ether oxygens (including phenoxy) is 1. The molecule has 24 heavy (non-hydrogen) atoms. The van der Waals surface area contributed by atoms with E-state index in [4.69, 9.17) is 14.3 Å². The Hall–Kier alpha value is -2.34. The van der Waals surface area contributed by atoms with Crippen molar-refractivity contribution >= 4 is 16.9 Å². The molecule has 0 saturated heterocycles. The Balaban J connectivity index is 1.75. The van der Waals surface area contributed by atoms with E-state index in [-0.39, 0.29) is 24.7 Å². The molecule has 128 valence electrons. The zero-order valence-electron chi connectivity index (χ0n) is 13.5. The van der Waals surface area contributed by atoms with Gasteiger partial charge in [-0.1, -0.05) is 0 Å². The van der Waals surface area contributed by atoms with E-state index < -0.39 is 0 Å². The lowest BCUT2D eigenvalue weighted by atomic mass is 9.91. The zero-order valence-corrected chi connectivity index (χ0v) is 13.5. The number of hydrogen-bond acceptors (Lipinski definition) is 5. The molecule has 6 heteroatoms. The number of carbonyl (C=O) groups excluding carboxylic acids is 1. The van der Waals surface area contributed by atoms with Crippen LogP contribution in [0, 0.1) is 0 Å². The van der Waals surface area contributed by atoms with Gasteiger partial charge < -0.3 is 19.6 Å². The van der Waals surface area contributed by atoms with E-state index in [1.807, 2.05) is 6.07 Å². The van der Waals surface area contributed by atoms with E-state index in [0.29, 0.717) is 24.3 Å². The molecule has 0 fully saturated rings. The SMILES string of the molecule is O=C(COc1ccc2c3c(c(=O)oc2c1)CCCC3)NCCCO. The summed E-state index contributed by atoms with van der Waals surface area (Å²) < 4.78 is 10.9. The van der Waals surface area contributed by atoms with Gasteiger partial charge in [-0.25, -0.2) is 4.79 Å². The van der Waals surface area contributed by atoms with Gasteiger partial charge in [0.25, 0.3) is 5.91 Å². The highest BCUT2D eigenvalue weighted by atomic mass is 16.5. The predicted octanol–water partition coefficient (Wildman–Crippen LogP) is 1.55. The van der Waals surface area contributed by atoms with Crippen LogP contribution in [0.1, 0.15) is 30.4 Å². The fourth-order valence-electron chi connectivity index (χ4n) is 3.02. The first-order chi connectivity index (χ1) is 11.7. The van der Waals surface area contributed by atoms with Crippen molar-refractivity contribution in [3.8, 4) is 5.75 Å². The number of hydrogen-bond donors (Lipinski definition) is 2. The molecule has 0 radical (unpaired) electrons. The summed E-state index contributed by atoms with van der Waals surface area (Å²) in [5.41, 5.74) is 2.11. The Morgan fingerprint density at radius 3 is 2.83 bits per heavy atom. The lowest BCUT2D eigenvalue weighted by molar-refractivity contribution is -0.123. The van der Waals surface area contributed by atoms with Gasteiger partial charge in [-0.3, -0.25) is 4.79 Å². The van der Waals surface area contributed by atoms with E-state index in [1.165, 1.54) is 0 Å². The molecule has 1 aromatic heterocycles. The molecule has 1 aliphatic rings. The van der Waals surface area contributed by atoms with Crippen LogP contribution in [-0.4, -0.2) is 30.8 Å². The molecular weight excluding hydrogens is 310 g/mol. The Labute approximate surface area is 139 Å². The van der Waals surface area contributed by atoms with Crippen molar-refractivity contribution in [1.82, 2.24) is 5.32 Å². The first-order valence-corrected chi connectivity index (χ1v) is 8.28.